The maximum Gasteiger partial charge on any atom is 0.573 e. The summed E-state index contributed by atoms with van der Waals surface area (Å²) in [6.07, 6.45) is -9.51. The monoisotopic (exact) mass is 303 g/mol. The summed E-state index contributed by atoms with van der Waals surface area (Å²) in [6.45, 7) is 0. The molecule has 0 radical (unpaired) electrons. The largest absolute Gasteiger partial charge is 0.573 e. The van der Waals surface area contributed by atoms with Gasteiger partial charge in [-0.2, -0.15) is 4.39 Å². The summed E-state index contributed by atoms with van der Waals surface area (Å²) in [5, 5.41) is 0. The molecule has 0 aliphatic rings. The van der Waals surface area contributed by atoms with Crippen LogP contribution in [0.15, 0.2) is 6.07 Å². The summed E-state index contributed by atoms with van der Waals surface area (Å²) >= 11 is 0. The molecular formula is C10H7F6NO3. The van der Waals surface area contributed by atoms with Gasteiger partial charge < -0.3 is 9.47 Å². The highest BCUT2D eigenvalue weighted by atomic mass is 19.4. The quantitative estimate of drug-likeness (QED) is 0.487. The third-order valence-corrected chi connectivity index (χ3v) is 2.04. The van der Waals surface area contributed by atoms with Gasteiger partial charge in [-0.1, -0.05) is 0 Å². The number of hydrogen-bond acceptors (Lipinski definition) is 4. The predicted molar refractivity (Wildman–Crippen MR) is 51.6 cm³/mol. The number of esters is 1. The molecule has 1 aromatic rings. The Balaban J connectivity index is 3.23. The SMILES string of the molecule is COC(=O)Cc1cc(OC(F)(F)F)c(C(F)F)nc1F. The summed E-state index contributed by atoms with van der Waals surface area (Å²) in [5.74, 6) is -3.85. The topological polar surface area (TPSA) is 48.4 Å². The van der Waals surface area contributed by atoms with E-state index in [2.05, 4.69) is 14.5 Å². The second-order valence-electron chi connectivity index (χ2n) is 3.42. The molecule has 0 aliphatic carbocycles. The van der Waals surface area contributed by atoms with Crippen LogP contribution in [0, 0.1) is 5.95 Å². The molecule has 0 atom stereocenters. The number of hydrogen-bond donors (Lipinski definition) is 0. The Labute approximate surface area is 108 Å². The average molecular weight is 303 g/mol. The lowest BCUT2D eigenvalue weighted by molar-refractivity contribution is -0.275. The molecule has 0 bridgehead atoms. The molecule has 10 heteroatoms. The molecule has 0 saturated carbocycles. The van der Waals surface area contributed by atoms with E-state index < -0.39 is 48.1 Å². The van der Waals surface area contributed by atoms with E-state index in [0.29, 0.717) is 6.07 Å². The van der Waals surface area contributed by atoms with Crippen molar-refractivity contribution in [3.05, 3.63) is 23.3 Å². The third kappa shape index (κ3) is 4.28. The van der Waals surface area contributed by atoms with Crippen molar-refractivity contribution in [3.63, 3.8) is 0 Å². The molecule has 112 valence electrons. The van der Waals surface area contributed by atoms with Crippen molar-refractivity contribution in [1.29, 1.82) is 0 Å². The molecule has 0 fully saturated rings. The zero-order valence-corrected chi connectivity index (χ0v) is 9.80. The maximum atomic E-state index is 13.3. The number of rotatable bonds is 4. The molecule has 0 spiro atoms. The molecule has 1 rings (SSSR count). The van der Waals surface area contributed by atoms with E-state index >= 15 is 0 Å². The van der Waals surface area contributed by atoms with E-state index in [-0.39, 0.29) is 0 Å². The Kier molecular flexibility index (Phi) is 4.79. The van der Waals surface area contributed by atoms with Gasteiger partial charge in [-0.05, 0) is 6.07 Å². The molecule has 20 heavy (non-hydrogen) atoms. The van der Waals surface area contributed by atoms with Crippen molar-refractivity contribution in [2.75, 3.05) is 7.11 Å². The number of nitrogens with zero attached hydrogens (tertiary/aromatic N) is 1. The van der Waals surface area contributed by atoms with Gasteiger partial charge in [0, 0.05) is 5.56 Å². The fraction of sp³-hybridized carbons (Fsp3) is 0.400. The van der Waals surface area contributed by atoms with Gasteiger partial charge in [0.25, 0.3) is 6.43 Å². The van der Waals surface area contributed by atoms with Gasteiger partial charge in [0.05, 0.1) is 13.5 Å². The summed E-state index contributed by atoms with van der Waals surface area (Å²) < 4.78 is 82.0. The number of carbonyl (C=O) groups is 1. The second kappa shape index (κ2) is 5.97. The van der Waals surface area contributed by atoms with E-state index in [1.807, 2.05) is 0 Å². The molecule has 0 unspecified atom stereocenters. The molecule has 1 heterocycles. The summed E-state index contributed by atoms with van der Waals surface area (Å²) in [5.41, 5.74) is -2.16. The van der Waals surface area contributed by atoms with Crippen molar-refractivity contribution in [2.24, 2.45) is 0 Å². The smallest absolute Gasteiger partial charge is 0.469 e. The van der Waals surface area contributed by atoms with Gasteiger partial charge in [0.1, 0.15) is 0 Å². The fourth-order valence-corrected chi connectivity index (χ4v) is 1.24. The van der Waals surface area contributed by atoms with Crippen LogP contribution >= 0.6 is 0 Å². The number of aromatic nitrogens is 1. The van der Waals surface area contributed by atoms with E-state index in [0.717, 1.165) is 7.11 Å². The van der Waals surface area contributed by atoms with Gasteiger partial charge in [-0.3, -0.25) is 4.79 Å². The standard InChI is InChI=1S/C10H7F6NO3/c1-19-6(18)3-4-2-5(20-10(14,15)16)7(8(11)12)17-9(4)13/h2,8H,3H2,1H3. The van der Waals surface area contributed by atoms with Gasteiger partial charge in [-0.25, -0.2) is 13.8 Å². The van der Waals surface area contributed by atoms with Crippen molar-refractivity contribution in [2.45, 2.75) is 19.2 Å². The van der Waals surface area contributed by atoms with Crippen molar-refractivity contribution < 1.29 is 40.6 Å². The molecular weight excluding hydrogens is 296 g/mol. The van der Waals surface area contributed by atoms with Crippen molar-refractivity contribution in [3.8, 4) is 5.75 Å². The lowest BCUT2D eigenvalue weighted by atomic mass is 10.1. The predicted octanol–water partition coefficient (Wildman–Crippen LogP) is 2.77. The molecule has 4 nitrogen and oxygen atoms in total. The normalized spacial score (nSPS) is 11.6. The lowest BCUT2D eigenvalue weighted by Gasteiger charge is -2.13. The summed E-state index contributed by atoms with van der Waals surface area (Å²) in [4.78, 5) is 13.6. The van der Waals surface area contributed by atoms with Crippen LogP contribution in [0.25, 0.3) is 0 Å². The Morgan fingerprint density at radius 1 is 1.40 bits per heavy atom. The minimum absolute atomic E-state index is 0.342. The lowest BCUT2D eigenvalue weighted by Crippen LogP contribution is -2.19. The van der Waals surface area contributed by atoms with Gasteiger partial charge >= 0.3 is 12.3 Å². The first-order valence-corrected chi connectivity index (χ1v) is 4.94. The van der Waals surface area contributed by atoms with Crippen LogP contribution in [0.2, 0.25) is 0 Å². The number of halogens is 6. The zero-order chi connectivity index (χ0) is 15.5. The first kappa shape index (κ1) is 16.1. The Hall–Kier alpha value is -2.00. The van der Waals surface area contributed by atoms with Crippen LogP contribution in [-0.2, 0) is 16.0 Å². The first-order chi connectivity index (χ1) is 9.14. The Morgan fingerprint density at radius 2 is 2.00 bits per heavy atom. The average Bonchev–Trinajstić information content (AvgIpc) is 2.30. The molecule has 0 N–H and O–H groups in total. The van der Waals surface area contributed by atoms with Gasteiger partial charge in [-0.15, -0.1) is 13.2 Å². The molecule has 1 aromatic heterocycles. The molecule has 0 aromatic carbocycles. The van der Waals surface area contributed by atoms with Gasteiger partial charge in [0.15, 0.2) is 11.4 Å². The minimum atomic E-state index is -5.26. The van der Waals surface area contributed by atoms with Gasteiger partial charge in [0.2, 0.25) is 5.95 Å². The van der Waals surface area contributed by atoms with E-state index in [4.69, 9.17) is 0 Å². The highest BCUT2D eigenvalue weighted by Gasteiger charge is 2.34. The van der Waals surface area contributed by atoms with E-state index in [1.54, 1.807) is 0 Å². The molecule has 0 aliphatic heterocycles. The maximum absolute atomic E-state index is 13.3. The number of pyridine rings is 1. The highest BCUT2D eigenvalue weighted by molar-refractivity contribution is 5.72. The van der Waals surface area contributed by atoms with Crippen molar-refractivity contribution in [1.82, 2.24) is 4.98 Å². The minimum Gasteiger partial charge on any atom is -0.469 e. The Morgan fingerprint density at radius 3 is 2.45 bits per heavy atom. The number of methoxy groups -OCH3 is 1. The molecule has 0 saturated heterocycles. The number of ether oxygens (including phenoxy) is 2. The number of carbonyl (C=O) groups excluding carboxylic acids is 1. The van der Waals surface area contributed by atoms with Crippen molar-refractivity contribution >= 4 is 5.97 Å². The summed E-state index contributed by atoms with van der Waals surface area (Å²) in [6, 6.07) is 0.342. The van der Waals surface area contributed by atoms with Crippen LogP contribution in [0.4, 0.5) is 26.3 Å². The second-order valence-corrected chi connectivity index (χ2v) is 3.42. The van der Waals surface area contributed by atoms with E-state index in [1.165, 1.54) is 0 Å². The van der Waals surface area contributed by atoms with E-state index in [9.17, 15) is 31.1 Å². The third-order valence-electron chi connectivity index (χ3n) is 2.04. The Bertz CT molecular complexity index is 503. The molecule has 0 amide bonds. The van der Waals surface area contributed by atoms with Crippen LogP contribution in [-0.4, -0.2) is 24.4 Å². The van der Waals surface area contributed by atoms with Crippen LogP contribution in [0.5, 0.6) is 5.75 Å². The zero-order valence-electron chi connectivity index (χ0n) is 9.80. The van der Waals surface area contributed by atoms with Crippen LogP contribution < -0.4 is 4.74 Å². The fourth-order valence-electron chi connectivity index (χ4n) is 1.24. The van der Waals surface area contributed by atoms with Crippen LogP contribution in [0.3, 0.4) is 0 Å². The summed E-state index contributed by atoms with van der Waals surface area (Å²) in [7, 11) is 0.967. The van der Waals surface area contributed by atoms with Crippen LogP contribution in [0.1, 0.15) is 17.7 Å². The highest BCUT2D eigenvalue weighted by Crippen LogP contribution is 2.33. The number of alkyl halides is 5. The first-order valence-electron chi connectivity index (χ1n) is 4.94.